The molecule has 0 aliphatic heterocycles. The second kappa shape index (κ2) is 8.54. The van der Waals surface area contributed by atoms with Gasteiger partial charge in [-0.2, -0.15) is 13.2 Å². The van der Waals surface area contributed by atoms with Crippen LogP contribution in [0.5, 0.6) is 0 Å². The second-order valence-corrected chi connectivity index (χ2v) is 6.29. The molecule has 2 unspecified atom stereocenters. The normalized spacial score (nSPS) is 14.3. The first kappa shape index (κ1) is 22.0. The molecule has 1 amide bonds. The van der Waals surface area contributed by atoms with Crippen LogP contribution in [-0.4, -0.2) is 39.9 Å². The summed E-state index contributed by atoms with van der Waals surface area (Å²) in [6.07, 6.45) is -7.13. The predicted octanol–water partition coefficient (Wildman–Crippen LogP) is 2.77. The standard InChI is InChI=1S/C15H18ClF3N2O5/c1-14(2,3)26-13(24)21-10(12(23)25-7-16)11(22)9-8(15(17,18)19)5-4-6-20-9/h4-6,10-11,22H,7H2,1-3H3,(H,21,24). The van der Waals surface area contributed by atoms with Crippen LogP contribution in [0.25, 0.3) is 0 Å². The van der Waals surface area contributed by atoms with E-state index in [2.05, 4.69) is 9.72 Å². The molecular weight excluding hydrogens is 381 g/mol. The maximum Gasteiger partial charge on any atom is 0.418 e. The van der Waals surface area contributed by atoms with Gasteiger partial charge in [-0.25, -0.2) is 9.59 Å². The molecule has 0 aromatic carbocycles. The van der Waals surface area contributed by atoms with Crippen LogP contribution in [0.4, 0.5) is 18.0 Å². The van der Waals surface area contributed by atoms with Crippen molar-refractivity contribution in [3.8, 4) is 0 Å². The molecular formula is C15H18ClF3N2O5. The zero-order valence-corrected chi connectivity index (χ0v) is 14.9. The lowest BCUT2D eigenvalue weighted by atomic mass is 10.0. The smallest absolute Gasteiger partial charge is 0.418 e. The van der Waals surface area contributed by atoms with E-state index in [4.69, 9.17) is 16.3 Å². The van der Waals surface area contributed by atoms with E-state index in [-0.39, 0.29) is 0 Å². The highest BCUT2D eigenvalue weighted by Gasteiger charge is 2.40. The van der Waals surface area contributed by atoms with Gasteiger partial charge in [0.15, 0.2) is 12.1 Å². The summed E-state index contributed by atoms with van der Waals surface area (Å²) < 4.78 is 48.7. The minimum Gasteiger partial charge on any atom is -0.448 e. The number of aliphatic hydroxyl groups is 1. The lowest BCUT2D eigenvalue weighted by Gasteiger charge is -2.26. The fourth-order valence-corrected chi connectivity index (χ4v) is 2.00. The Morgan fingerprint density at radius 3 is 2.46 bits per heavy atom. The highest BCUT2D eigenvalue weighted by Crippen LogP contribution is 2.34. The third-order valence-corrected chi connectivity index (χ3v) is 2.97. The zero-order chi connectivity index (χ0) is 20.1. The number of carbonyl (C=O) groups excluding carboxylic acids is 2. The summed E-state index contributed by atoms with van der Waals surface area (Å²) in [7, 11) is 0. The Kier molecular flexibility index (Phi) is 7.22. The van der Waals surface area contributed by atoms with Crippen LogP contribution >= 0.6 is 11.6 Å². The molecule has 1 aromatic heterocycles. The summed E-state index contributed by atoms with van der Waals surface area (Å²) in [4.78, 5) is 27.3. The average Bonchev–Trinajstić information content (AvgIpc) is 2.49. The number of esters is 1. The van der Waals surface area contributed by atoms with Gasteiger partial charge in [0.05, 0.1) is 11.3 Å². The Bertz CT molecular complexity index is 649. The number of aromatic nitrogens is 1. The van der Waals surface area contributed by atoms with Gasteiger partial charge in [-0.1, -0.05) is 11.6 Å². The number of carbonyl (C=O) groups is 2. The van der Waals surface area contributed by atoms with Crippen molar-refractivity contribution in [1.29, 1.82) is 0 Å². The number of alkyl halides is 4. The van der Waals surface area contributed by atoms with Crippen molar-refractivity contribution in [1.82, 2.24) is 10.3 Å². The molecule has 2 atom stereocenters. The molecule has 146 valence electrons. The Labute approximate surface area is 152 Å². The molecule has 0 spiro atoms. The largest absolute Gasteiger partial charge is 0.448 e. The highest BCUT2D eigenvalue weighted by molar-refractivity contribution is 6.17. The lowest BCUT2D eigenvalue weighted by molar-refractivity contribution is -0.149. The van der Waals surface area contributed by atoms with Gasteiger partial charge in [0.25, 0.3) is 0 Å². The number of rotatable bonds is 5. The van der Waals surface area contributed by atoms with Gasteiger partial charge in [0.1, 0.15) is 11.7 Å². The summed E-state index contributed by atoms with van der Waals surface area (Å²) in [5, 5.41) is 12.3. The molecule has 0 bridgehead atoms. The number of halogens is 4. The van der Waals surface area contributed by atoms with Crippen LogP contribution in [-0.2, 0) is 20.4 Å². The molecule has 0 fully saturated rings. The van der Waals surface area contributed by atoms with Crippen LogP contribution in [0.15, 0.2) is 18.3 Å². The second-order valence-electron chi connectivity index (χ2n) is 6.08. The number of amides is 1. The van der Waals surface area contributed by atoms with Crippen molar-refractivity contribution >= 4 is 23.7 Å². The van der Waals surface area contributed by atoms with E-state index in [1.54, 1.807) is 0 Å². The summed E-state index contributed by atoms with van der Waals surface area (Å²) >= 11 is 5.27. The summed E-state index contributed by atoms with van der Waals surface area (Å²) in [6.45, 7) is 4.61. The number of alkyl carbamates (subject to hydrolysis) is 1. The number of hydrogen-bond acceptors (Lipinski definition) is 6. The number of nitrogens with one attached hydrogen (secondary N) is 1. The number of aliphatic hydroxyl groups excluding tert-OH is 1. The number of pyridine rings is 1. The molecule has 1 aromatic rings. The van der Waals surface area contributed by atoms with Crippen molar-refractivity contribution in [2.75, 3.05) is 6.07 Å². The zero-order valence-electron chi connectivity index (χ0n) is 14.1. The first-order valence-electron chi connectivity index (χ1n) is 7.29. The minimum absolute atomic E-state index is 0.633. The van der Waals surface area contributed by atoms with Gasteiger partial charge in [0, 0.05) is 6.20 Å². The van der Waals surface area contributed by atoms with Gasteiger partial charge in [-0.15, -0.1) is 0 Å². The first-order valence-corrected chi connectivity index (χ1v) is 7.82. The average molecular weight is 399 g/mol. The van der Waals surface area contributed by atoms with Crippen molar-refractivity contribution in [2.24, 2.45) is 0 Å². The third-order valence-electron chi connectivity index (χ3n) is 2.86. The quantitative estimate of drug-likeness (QED) is 0.584. The number of nitrogens with zero attached hydrogens (tertiary/aromatic N) is 1. The van der Waals surface area contributed by atoms with E-state index in [9.17, 15) is 27.9 Å². The first-order chi connectivity index (χ1) is 11.9. The molecule has 0 radical (unpaired) electrons. The van der Waals surface area contributed by atoms with Crippen LogP contribution in [0.1, 0.15) is 38.1 Å². The van der Waals surface area contributed by atoms with Crippen molar-refractivity contribution < 1.29 is 37.3 Å². The van der Waals surface area contributed by atoms with Crippen molar-refractivity contribution in [3.05, 3.63) is 29.6 Å². The monoisotopic (exact) mass is 398 g/mol. The van der Waals surface area contributed by atoms with E-state index in [1.165, 1.54) is 20.8 Å². The molecule has 0 saturated carbocycles. The Balaban J connectivity index is 3.19. The van der Waals surface area contributed by atoms with Crippen molar-refractivity contribution in [2.45, 2.75) is 44.7 Å². The number of hydrogen-bond donors (Lipinski definition) is 2. The van der Waals surface area contributed by atoms with E-state index in [1.807, 2.05) is 5.32 Å². The molecule has 11 heteroatoms. The maximum absolute atomic E-state index is 13.1. The molecule has 1 rings (SSSR count). The van der Waals surface area contributed by atoms with Crippen LogP contribution < -0.4 is 5.32 Å². The van der Waals surface area contributed by atoms with Gasteiger partial charge < -0.3 is 19.9 Å². The predicted molar refractivity (Wildman–Crippen MR) is 84.2 cm³/mol. The molecule has 0 saturated heterocycles. The lowest BCUT2D eigenvalue weighted by Crippen LogP contribution is -2.48. The fraction of sp³-hybridized carbons (Fsp3) is 0.533. The third kappa shape index (κ3) is 6.34. The van der Waals surface area contributed by atoms with Gasteiger partial charge in [-0.05, 0) is 32.9 Å². The van der Waals surface area contributed by atoms with Gasteiger partial charge in [-0.3, -0.25) is 4.98 Å². The highest BCUT2D eigenvalue weighted by atomic mass is 35.5. The summed E-state index contributed by atoms with van der Waals surface area (Å²) in [5.41, 5.74) is -3.06. The van der Waals surface area contributed by atoms with E-state index >= 15 is 0 Å². The molecule has 0 aliphatic rings. The van der Waals surface area contributed by atoms with Crippen LogP contribution in [0.3, 0.4) is 0 Å². The molecule has 7 nitrogen and oxygen atoms in total. The molecule has 1 heterocycles. The Hall–Kier alpha value is -2.07. The minimum atomic E-state index is -4.84. The van der Waals surface area contributed by atoms with Gasteiger partial charge >= 0.3 is 18.2 Å². The molecule has 26 heavy (non-hydrogen) atoms. The Morgan fingerprint density at radius 1 is 1.35 bits per heavy atom. The van der Waals surface area contributed by atoms with Crippen LogP contribution in [0, 0.1) is 0 Å². The summed E-state index contributed by atoms with van der Waals surface area (Å²) in [5.74, 6) is -1.25. The fourth-order valence-electron chi connectivity index (χ4n) is 1.90. The summed E-state index contributed by atoms with van der Waals surface area (Å²) in [6, 6.07) is -0.846. The van der Waals surface area contributed by atoms with E-state index in [0.717, 1.165) is 12.3 Å². The SMILES string of the molecule is CC(C)(C)OC(=O)NC(C(=O)OCCl)C(O)c1ncccc1C(F)(F)F. The molecule has 0 aliphatic carbocycles. The van der Waals surface area contributed by atoms with E-state index in [0.29, 0.717) is 6.07 Å². The van der Waals surface area contributed by atoms with Crippen molar-refractivity contribution in [3.63, 3.8) is 0 Å². The van der Waals surface area contributed by atoms with Gasteiger partial charge in [0.2, 0.25) is 0 Å². The maximum atomic E-state index is 13.1. The molecule has 2 N–H and O–H groups in total. The Morgan fingerprint density at radius 2 is 1.96 bits per heavy atom. The van der Waals surface area contributed by atoms with E-state index < -0.39 is 53.3 Å². The van der Waals surface area contributed by atoms with Crippen LogP contribution in [0.2, 0.25) is 0 Å². The topological polar surface area (TPSA) is 97.8 Å². The number of ether oxygens (including phenoxy) is 2.